The molecular weight excluding hydrogens is 440 g/mol. The van der Waals surface area contributed by atoms with Crippen molar-refractivity contribution in [3.8, 4) is 5.75 Å². The summed E-state index contributed by atoms with van der Waals surface area (Å²) in [7, 11) is 0. The molecule has 1 saturated carbocycles. The smallest absolute Gasteiger partial charge is 0.276 e. The normalized spacial score (nSPS) is 26.9. The van der Waals surface area contributed by atoms with Gasteiger partial charge in [-0.05, 0) is 82.0 Å². The first-order valence-electron chi connectivity index (χ1n) is 13.6. The Hall–Kier alpha value is -2.45. The molecule has 2 aromatic rings. The Labute approximate surface area is 208 Å². The van der Waals surface area contributed by atoms with Crippen molar-refractivity contribution in [3.63, 3.8) is 0 Å². The molecule has 35 heavy (non-hydrogen) atoms. The van der Waals surface area contributed by atoms with Crippen molar-refractivity contribution in [2.45, 2.75) is 82.3 Å². The first kappa shape index (κ1) is 24.3. The summed E-state index contributed by atoms with van der Waals surface area (Å²) >= 11 is 0. The van der Waals surface area contributed by atoms with Crippen molar-refractivity contribution in [1.29, 1.82) is 0 Å². The van der Waals surface area contributed by atoms with Crippen LogP contribution in [0.1, 0.15) is 79.9 Å². The van der Waals surface area contributed by atoms with Gasteiger partial charge in [-0.3, -0.25) is 9.69 Å². The Morgan fingerprint density at radius 2 is 1.83 bits per heavy atom. The van der Waals surface area contributed by atoms with Crippen molar-refractivity contribution in [2.24, 2.45) is 5.73 Å². The average Bonchev–Trinajstić information content (AvgIpc) is 3.38. The summed E-state index contributed by atoms with van der Waals surface area (Å²) in [6, 6.07) is 9.66. The summed E-state index contributed by atoms with van der Waals surface area (Å²) in [5, 5.41) is 8.62. The predicted molar refractivity (Wildman–Crippen MR) is 135 cm³/mol. The molecule has 1 aromatic heterocycles. The minimum atomic E-state index is -0.0218. The number of amides is 1. The fraction of sp³-hybridized carbons (Fsp3) is 0.667. The van der Waals surface area contributed by atoms with Gasteiger partial charge in [-0.1, -0.05) is 23.8 Å². The molecule has 2 aliphatic heterocycles. The Morgan fingerprint density at radius 3 is 2.71 bits per heavy atom. The number of carbonyl (C=O) groups is 1. The predicted octanol–water partition coefficient (Wildman–Crippen LogP) is 3.43. The molecule has 2 bridgehead atoms. The highest BCUT2D eigenvalue weighted by molar-refractivity contribution is 5.91. The summed E-state index contributed by atoms with van der Waals surface area (Å²) in [6.45, 7) is 3.99. The van der Waals surface area contributed by atoms with Crippen LogP contribution in [-0.4, -0.2) is 75.6 Å². The summed E-state index contributed by atoms with van der Waals surface area (Å²) in [5.41, 5.74) is 7.86. The van der Waals surface area contributed by atoms with Crippen LogP contribution >= 0.6 is 0 Å². The molecule has 1 amide bonds. The minimum Gasteiger partial charge on any atom is -0.494 e. The van der Waals surface area contributed by atoms with Crippen LogP contribution in [0.5, 0.6) is 5.75 Å². The lowest BCUT2D eigenvalue weighted by atomic mass is 9.92. The van der Waals surface area contributed by atoms with Crippen molar-refractivity contribution >= 4 is 5.91 Å². The summed E-state index contributed by atoms with van der Waals surface area (Å²) < 4.78 is 7.92. The van der Waals surface area contributed by atoms with Crippen LogP contribution in [0, 0.1) is 0 Å². The third-order valence-corrected chi connectivity index (χ3v) is 8.04. The van der Waals surface area contributed by atoms with Gasteiger partial charge in [-0.25, -0.2) is 4.68 Å². The largest absolute Gasteiger partial charge is 0.494 e. The topological polar surface area (TPSA) is 89.5 Å². The molecule has 1 unspecified atom stereocenters. The molecule has 8 nitrogen and oxygen atoms in total. The number of piperidine rings is 1. The van der Waals surface area contributed by atoms with E-state index in [9.17, 15) is 4.79 Å². The zero-order chi connectivity index (χ0) is 24.0. The number of rotatable bonds is 2. The second-order valence-electron chi connectivity index (χ2n) is 10.5. The number of nitrogens with zero attached hydrogens (tertiary/aromatic N) is 5. The molecular formula is C27H40N6O2. The number of benzene rings is 1. The number of aromatic nitrogens is 3. The Kier molecular flexibility index (Phi) is 7.99. The third kappa shape index (κ3) is 6.22. The molecule has 0 spiro atoms. The lowest BCUT2D eigenvalue weighted by Gasteiger charge is -2.37. The Balaban J connectivity index is 1.29. The van der Waals surface area contributed by atoms with E-state index in [-0.39, 0.29) is 11.9 Å². The Bertz CT molecular complexity index is 970. The highest BCUT2D eigenvalue weighted by Gasteiger charge is 2.27. The van der Waals surface area contributed by atoms with Gasteiger partial charge in [0.05, 0.1) is 18.8 Å². The van der Waals surface area contributed by atoms with Crippen LogP contribution in [0.3, 0.4) is 0 Å². The number of fused-ring (bicyclic) bond motifs is 3. The van der Waals surface area contributed by atoms with Gasteiger partial charge in [0.2, 0.25) is 0 Å². The Morgan fingerprint density at radius 1 is 0.943 bits per heavy atom. The lowest BCUT2D eigenvalue weighted by Crippen LogP contribution is -2.45. The van der Waals surface area contributed by atoms with Crippen molar-refractivity contribution in [1.82, 2.24) is 24.8 Å². The maximum absolute atomic E-state index is 13.5. The average molecular weight is 481 g/mol. The van der Waals surface area contributed by atoms with E-state index in [2.05, 4.69) is 33.4 Å². The van der Waals surface area contributed by atoms with Gasteiger partial charge in [0.15, 0.2) is 5.69 Å². The van der Waals surface area contributed by atoms with E-state index in [1.807, 2.05) is 21.8 Å². The van der Waals surface area contributed by atoms with Gasteiger partial charge in [-0.2, -0.15) is 0 Å². The standard InChI is InChI=1S/C27H40N6O2/c28-22-9-12-24(13-10-22)33-20-26(29-30-33)27(34)32-15-4-18-35-25-7-3-5-21(19-25)8-11-23-6-1-2-14-31(23)16-17-32/h3,5,7,19-20,22-24H,1-2,4,6,8-18,28H2. The van der Waals surface area contributed by atoms with E-state index >= 15 is 0 Å². The van der Waals surface area contributed by atoms with Crippen LogP contribution < -0.4 is 10.5 Å². The van der Waals surface area contributed by atoms with Crippen LogP contribution in [0.4, 0.5) is 0 Å². The molecule has 1 saturated heterocycles. The third-order valence-electron chi connectivity index (χ3n) is 8.04. The maximum Gasteiger partial charge on any atom is 0.276 e. The van der Waals surface area contributed by atoms with Gasteiger partial charge in [0.25, 0.3) is 5.91 Å². The second-order valence-corrected chi connectivity index (χ2v) is 10.5. The van der Waals surface area contributed by atoms with Gasteiger partial charge in [-0.15, -0.1) is 5.10 Å². The van der Waals surface area contributed by atoms with Crippen LogP contribution in [0.15, 0.2) is 30.5 Å². The molecule has 3 heterocycles. The van der Waals surface area contributed by atoms with Gasteiger partial charge in [0, 0.05) is 31.7 Å². The zero-order valence-corrected chi connectivity index (χ0v) is 20.9. The number of hydrogen-bond acceptors (Lipinski definition) is 6. The molecule has 1 aromatic carbocycles. The van der Waals surface area contributed by atoms with E-state index in [1.165, 1.54) is 24.8 Å². The molecule has 8 heteroatoms. The number of hydrogen-bond donors (Lipinski definition) is 1. The molecule has 2 N–H and O–H groups in total. The molecule has 0 radical (unpaired) electrons. The first-order chi connectivity index (χ1) is 17.2. The van der Waals surface area contributed by atoms with Crippen molar-refractivity contribution in [3.05, 3.63) is 41.7 Å². The van der Waals surface area contributed by atoms with Crippen molar-refractivity contribution in [2.75, 3.05) is 32.8 Å². The summed E-state index contributed by atoms with van der Waals surface area (Å²) in [4.78, 5) is 18.1. The number of ether oxygens (including phenoxy) is 1. The van der Waals surface area contributed by atoms with E-state index in [1.54, 1.807) is 0 Å². The highest BCUT2D eigenvalue weighted by Crippen LogP contribution is 2.27. The monoisotopic (exact) mass is 480 g/mol. The van der Waals surface area contributed by atoms with E-state index in [0.29, 0.717) is 37.5 Å². The van der Waals surface area contributed by atoms with Crippen LogP contribution in [0.25, 0.3) is 0 Å². The van der Waals surface area contributed by atoms with E-state index in [0.717, 1.165) is 63.8 Å². The van der Waals surface area contributed by atoms with Crippen molar-refractivity contribution < 1.29 is 9.53 Å². The van der Waals surface area contributed by atoms with E-state index < -0.39 is 0 Å². The lowest BCUT2D eigenvalue weighted by molar-refractivity contribution is 0.0677. The van der Waals surface area contributed by atoms with Crippen LogP contribution in [-0.2, 0) is 6.42 Å². The second kappa shape index (κ2) is 11.5. The quantitative estimate of drug-likeness (QED) is 0.708. The molecule has 2 fully saturated rings. The number of nitrogens with two attached hydrogens (primary N) is 1. The molecule has 1 atom stereocenters. The molecule has 190 valence electrons. The molecule has 5 rings (SSSR count). The fourth-order valence-electron chi connectivity index (χ4n) is 5.90. The van der Waals surface area contributed by atoms with Gasteiger partial charge in [0.1, 0.15) is 5.75 Å². The maximum atomic E-state index is 13.5. The molecule has 3 aliphatic rings. The first-order valence-corrected chi connectivity index (χ1v) is 13.6. The highest BCUT2D eigenvalue weighted by atomic mass is 16.5. The summed E-state index contributed by atoms with van der Waals surface area (Å²) in [5.74, 6) is 0.902. The molecule has 1 aliphatic carbocycles. The summed E-state index contributed by atoms with van der Waals surface area (Å²) in [6.07, 6.45) is 12.6. The minimum absolute atomic E-state index is 0.0218. The number of aryl methyl sites for hydroxylation is 1. The fourth-order valence-corrected chi connectivity index (χ4v) is 5.90. The zero-order valence-electron chi connectivity index (χ0n) is 20.9. The number of carbonyl (C=O) groups excluding carboxylic acids is 1. The SMILES string of the molecule is NC1CCC(n2cc(C(=O)N3CCCOc4cccc(c4)CCC4CCCCN4CC3)nn2)CC1. The van der Waals surface area contributed by atoms with E-state index in [4.69, 9.17) is 10.5 Å². The van der Waals surface area contributed by atoms with Gasteiger partial charge >= 0.3 is 0 Å². The van der Waals surface area contributed by atoms with Gasteiger partial charge < -0.3 is 15.4 Å². The van der Waals surface area contributed by atoms with Crippen LogP contribution in [0.2, 0.25) is 0 Å².